The highest BCUT2D eigenvalue weighted by Gasteiger charge is 2.19. The summed E-state index contributed by atoms with van der Waals surface area (Å²) in [5.41, 5.74) is 6.60. The van der Waals surface area contributed by atoms with Crippen molar-refractivity contribution in [1.29, 1.82) is 0 Å². The zero-order valence-corrected chi connectivity index (χ0v) is 12.7. The van der Waals surface area contributed by atoms with Crippen LogP contribution < -0.4 is 15.8 Å². The molecule has 0 aliphatic carbocycles. The van der Waals surface area contributed by atoms with Gasteiger partial charge in [0, 0.05) is 13.1 Å². The van der Waals surface area contributed by atoms with Crippen LogP contribution in [0.4, 0.5) is 0 Å². The van der Waals surface area contributed by atoms with Crippen molar-refractivity contribution < 1.29 is 9.53 Å². The molecule has 1 heterocycles. The van der Waals surface area contributed by atoms with Crippen LogP contribution in [0, 0.1) is 5.92 Å². The molecule has 0 aromatic heterocycles. The third-order valence-electron chi connectivity index (χ3n) is 4.05. The van der Waals surface area contributed by atoms with Crippen molar-refractivity contribution in [3.63, 3.8) is 0 Å². The smallest absolute Gasteiger partial charge is 0.233 e. The summed E-state index contributed by atoms with van der Waals surface area (Å²) in [7, 11) is 1.68. The van der Waals surface area contributed by atoms with E-state index in [4.69, 9.17) is 10.5 Å². The van der Waals surface area contributed by atoms with Gasteiger partial charge < -0.3 is 15.8 Å². The summed E-state index contributed by atoms with van der Waals surface area (Å²) in [5.74, 6) is 1.41. The summed E-state index contributed by atoms with van der Waals surface area (Å²) in [6, 6.07) is 8.24. The van der Waals surface area contributed by atoms with E-state index in [1.54, 1.807) is 7.11 Å². The first kappa shape index (κ1) is 15.8. The van der Waals surface area contributed by atoms with Crippen LogP contribution in [0.3, 0.4) is 0 Å². The molecule has 1 aliphatic heterocycles. The van der Waals surface area contributed by atoms with Gasteiger partial charge in [-0.25, -0.2) is 0 Å². The van der Waals surface area contributed by atoms with Crippen LogP contribution in [0.15, 0.2) is 24.3 Å². The first-order chi connectivity index (χ1) is 10.2. The maximum Gasteiger partial charge on any atom is 0.233 e. The SMILES string of the molecule is COc1ccc(CN2CCC(CNC(=O)CN)CC2)cc1. The van der Waals surface area contributed by atoms with Gasteiger partial charge in [-0.1, -0.05) is 12.1 Å². The van der Waals surface area contributed by atoms with E-state index < -0.39 is 0 Å². The lowest BCUT2D eigenvalue weighted by atomic mass is 9.96. The largest absolute Gasteiger partial charge is 0.497 e. The summed E-state index contributed by atoms with van der Waals surface area (Å²) >= 11 is 0. The summed E-state index contributed by atoms with van der Waals surface area (Å²) in [5, 5.41) is 2.88. The number of carbonyl (C=O) groups excluding carboxylic acids is 1. The van der Waals surface area contributed by atoms with Crippen molar-refractivity contribution in [3.05, 3.63) is 29.8 Å². The Kier molecular flexibility index (Phi) is 6.02. The molecule has 3 N–H and O–H groups in total. The number of piperidine rings is 1. The second kappa shape index (κ2) is 8.00. The molecule has 5 heteroatoms. The third kappa shape index (κ3) is 5.02. The summed E-state index contributed by atoms with van der Waals surface area (Å²) < 4.78 is 5.17. The second-order valence-electron chi connectivity index (χ2n) is 5.58. The number of nitrogens with two attached hydrogens (primary N) is 1. The monoisotopic (exact) mass is 291 g/mol. The fourth-order valence-electron chi connectivity index (χ4n) is 2.67. The van der Waals surface area contributed by atoms with Crippen molar-refractivity contribution >= 4 is 5.91 Å². The molecular formula is C16H25N3O2. The Morgan fingerprint density at radius 1 is 1.33 bits per heavy atom. The van der Waals surface area contributed by atoms with E-state index >= 15 is 0 Å². The highest BCUT2D eigenvalue weighted by molar-refractivity contribution is 5.77. The van der Waals surface area contributed by atoms with Gasteiger partial charge in [0.05, 0.1) is 13.7 Å². The molecule has 0 spiro atoms. The summed E-state index contributed by atoms with van der Waals surface area (Å²) in [6.45, 7) is 3.97. The fourth-order valence-corrected chi connectivity index (χ4v) is 2.67. The number of nitrogens with zero attached hydrogens (tertiary/aromatic N) is 1. The molecule has 0 unspecified atom stereocenters. The van der Waals surface area contributed by atoms with Crippen molar-refractivity contribution in [1.82, 2.24) is 10.2 Å². The molecule has 2 rings (SSSR count). The average molecular weight is 291 g/mol. The number of nitrogens with one attached hydrogen (secondary N) is 1. The van der Waals surface area contributed by atoms with Crippen molar-refractivity contribution in [2.24, 2.45) is 11.7 Å². The minimum absolute atomic E-state index is 0.0596. The molecule has 1 amide bonds. The molecular weight excluding hydrogens is 266 g/mol. The van der Waals surface area contributed by atoms with Crippen LogP contribution >= 0.6 is 0 Å². The zero-order chi connectivity index (χ0) is 15.1. The molecule has 1 saturated heterocycles. The Bertz CT molecular complexity index is 439. The molecule has 116 valence electrons. The summed E-state index contributed by atoms with van der Waals surface area (Å²) in [4.78, 5) is 13.6. The van der Waals surface area contributed by atoms with Gasteiger partial charge in [0.25, 0.3) is 0 Å². The van der Waals surface area contributed by atoms with Gasteiger partial charge in [-0.3, -0.25) is 9.69 Å². The molecule has 1 aromatic rings. The number of amides is 1. The van der Waals surface area contributed by atoms with Crippen LogP contribution in [0.1, 0.15) is 18.4 Å². The van der Waals surface area contributed by atoms with Crippen molar-refractivity contribution in [2.45, 2.75) is 19.4 Å². The molecule has 21 heavy (non-hydrogen) atoms. The lowest BCUT2D eigenvalue weighted by Gasteiger charge is -2.32. The van der Waals surface area contributed by atoms with E-state index in [9.17, 15) is 4.79 Å². The Labute approximate surface area is 126 Å². The molecule has 1 fully saturated rings. The van der Waals surface area contributed by atoms with Crippen LogP contribution in [-0.2, 0) is 11.3 Å². The van der Waals surface area contributed by atoms with E-state index in [0.717, 1.165) is 44.8 Å². The normalized spacial score (nSPS) is 16.7. The maximum atomic E-state index is 11.2. The molecule has 1 aromatic carbocycles. The van der Waals surface area contributed by atoms with Crippen LogP contribution in [-0.4, -0.2) is 44.1 Å². The van der Waals surface area contributed by atoms with Gasteiger partial charge in [-0.15, -0.1) is 0 Å². The van der Waals surface area contributed by atoms with E-state index in [2.05, 4.69) is 22.3 Å². The molecule has 1 aliphatic rings. The number of likely N-dealkylation sites (tertiary alicyclic amines) is 1. The Morgan fingerprint density at radius 2 is 2.00 bits per heavy atom. The van der Waals surface area contributed by atoms with Gasteiger partial charge in [-0.05, 0) is 49.5 Å². The van der Waals surface area contributed by atoms with Gasteiger partial charge >= 0.3 is 0 Å². The summed E-state index contributed by atoms with van der Waals surface area (Å²) in [6.07, 6.45) is 2.25. The average Bonchev–Trinajstić information content (AvgIpc) is 2.54. The van der Waals surface area contributed by atoms with Gasteiger partial charge in [0.1, 0.15) is 5.75 Å². The minimum atomic E-state index is -0.0596. The van der Waals surface area contributed by atoms with Crippen LogP contribution in [0.5, 0.6) is 5.75 Å². The number of carbonyl (C=O) groups is 1. The first-order valence-electron chi connectivity index (χ1n) is 7.53. The lowest BCUT2D eigenvalue weighted by Crippen LogP contribution is -2.39. The van der Waals surface area contributed by atoms with E-state index in [-0.39, 0.29) is 12.5 Å². The number of hydrogen-bond donors (Lipinski definition) is 2. The zero-order valence-electron chi connectivity index (χ0n) is 12.7. The second-order valence-corrected chi connectivity index (χ2v) is 5.58. The van der Waals surface area contributed by atoms with E-state index in [1.165, 1.54) is 5.56 Å². The number of benzene rings is 1. The molecule has 0 radical (unpaired) electrons. The predicted molar refractivity (Wildman–Crippen MR) is 83.1 cm³/mol. The van der Waals surface area contributed by atoms with Gasteiger partial charge in [0.2, 0.25) is 5.91 Å². The Morgan fingerprint density at radius 3 is 2.57 bits per heavy atom. The molecule has 0 bridgehead atoms. The number of rotatable bonds is 6. The van der Waals surface area contributed by atoms with Crippen LogP contribution in [0.2, 0.25) is 0 Å². The number of hydrogen-bond acceptors (Lipinski definition) is 4. The first-order valence-corrected chi connectivity index (χ1v) is 7.53. The van der Waals surface area contributed by atoms with Gasteiger partial charge in [-0.2, -0.15) is 0 Å². The highest BCUT2D eigenvalue weighted by Crippen LogP contribution is 2.19. The van der Waals surface area contributed by atoms with E-state index in [1.807, 2.05) is 12.1 Å². The maximum absolute atomic E-state index is 11.2. The Balaban J connectivity index is 1.72. The molecule has 0 atom stereocenters. The van der Waals surface area contributed by atoms with Gasteiger partial charge in [0.15, 0.2) is 0 Å². The van der Waals surface area contributed by atoms with Crippen LogP contribution in [0.25, 0.3) is 0 Å². The quantitative estimate of drug-likeness (QED) is 0.820. The lowest BCUT2D eigenvalue weighted by molar-refractivity contribution is -0.120. The minimum Gasteiger partial charge on any atom is -0.497 e. The van der Waals surface area contributed by atoms with Crippen molar-refractivity contribution in [3.8, 4) is 5.75 Å². The molecule has 0 saturated carbocycles. The number of ether oxygens (including phenoxy) is 1. The fraction of sp³-hybridized carbons (Fsp3) is 0.562. The molecule has 5 nitrogen and oxygen atoms in total. The highest BCUT2D eigenvalue weighted by atomic mass is 16.5. The number of methoxy groups -OCH3 is 1. The topological polar surface area (TPSA) is 67.6 Å². The predicted octanol–water partition coefficient (Wildman–Crippen LogP) is 0.982. The third-order valence-corrected chi connectivity index (χ3v) is 4.05. The standard InChI is InChI=1S/C16H25N3O2/c1-21-15-4-2-14(3-5-15)12-19-8-6-13(7-9-19)11-18-16(20)10-17/h2-5,13H,6-12,17H2,1H3,(H,18,20). The van der Waals surface area contributed by atoms with E-state index in [0.29, 0.717) is 5.92 Å². The van der Waals surface area contributed by atoms with Crippen molar-refractivity contribution in [2.75, 3.05) is 33.3 Å². The Hall–Kier alpha value is -1.59.